The van der Waals surface area contributed by atoms with Crippen LogP contribution in [0.15, 0.2) is 23.1 Å². The molecule has 0 radical (unpaired) electrons. The molecule has 0 fully saturated rings. The van der Waals surface area contributed by atoms with Crippen molar-refractivity contribution < 1.29 is 0 Å². The third-order valence-corrected chi connectivity index (χ3v) is 4.94. The molecule has 1 unspecified atom stereocenters. The van der Waals surface area contributed by atoms with Gasteiger partial charge in [-0.25, -0.2) is 0 Å². The van der Waals surface area contributed by atoms with Crippen LogP contribution < -0.4 is 5.32 Å². The predicted molar refractivity (Wildman–Crippen MR) is 89.9 cm³/mol. The molecule has 0 spiro atoms. The number of nitrogens with one attached hydrogen (secondary N) is 1. The number of thioether (sulfide) groups is 1. The molecule has 112 valence electrons. The quantitative estimate of drug-likeness (QED) is 0.883. The maximum atomic E-state index is 6.16. The van der Waals surface area contributed by atoms with Crippen LogP contribution in [0.2, 0.25) is 5.02 Å². The van der Waals surface area contributed by atoms with Gasteiger partial charge in [-0.3, -0.25) is 0 Å². The topological polar surface area (TPSA) is 15.3 Å². The number of hydrogen-bond donors (Lipinski definition) is 1. The molecule has 2 nitrogen and oxygen atoms in total. The number of hydrogen-bond acceptors (Lipinski definition) is 3. The Bertz CT molecular complexity index is 460. The van der Waals surface area contributed by atoms with E-state index < -0.39 is 0 Å². The summed E-state index contributed by atoms with van der Waals surface area (Å²) >= 11 is 8.10. The highest BCUT2D eigenvalue weighted by atomic mass is 35.5. The lowest BCUT2D eigenvalue weighted by Crippen LogP contribution is -2.39. The van der Waals surface area contributed by atoms with Crippen molar-refractivity contribution in [3.63, 3.8) is 0 Å². The van der Waals surface area contributed by atoms with Crippen LogP contribution in [0, 0.1) is 5.41 Å². The van der Waals surface area contributed by atoms with Crippen LogP contribution in [-0.4, -0.2) is 37.8 Å². The van der Waals surface area contributed by atoms with Gasteiger partial charge in [-0.05, 0) is 55.4 Å². The van der Waals surface area contributed by atoms with E-state index in [1.54, 1.807) is 0 Å². The first-order valence-electron chi connectivity index (χ1n) is 7.18. The number of rotatable bonds is 5. The second-order valence-electron chi connectivity index (χ2n) is 6.65. The van der Waals surface area contributed by atoms with E-state index in [4.69, 9.17) is 11.6 Å². The molecule has 0 bridgehead atoms. The van der Waals surface area contributed by atoms with Crippen molar-refractivity contribution in [3.8, 4) is 0 Å². The molecule has 1 aromatic rings. The maximum absolute atomic E-state index is 6.16. The minimum atomic E-state index is 0.271. The van der Waals surface area contributed by atoms with E-state index >= 15 is 0 Å². The highest BCUT2D eigenvalue weighted by Gasteiger charge is 2.24. The third kappa shape index (κ3) is 4.39. The fraction of sp³-hybridized carbons (Fsp3) is 0.625. The molecule has 0 aliphatic carbocycles. The SMILES string of the molecule is CN(C)CC(C)(C)CNC1CCSc2ccc(Cl)cc21. The van der Waals surface area contributed by atoms with E-state index in [9.17, 15) is 0 Å². The number of fused-ring (bicyclic) bond motifs is 1. The molecule has 1 N–H and O–H groups in total. The summed E-state index contributed by atoms with van der Waals surface area (Å²) < 4.78 is 0. The molecule has 1 aliphatic heterocycles. The molecule has 1 aliphatic rings. The van der Waals surface area contributed by atoms with Gasteiger partial charge in [0, 0.05) is 29.0 Å². The zero-order chi connectivity index (χ0) is 14.8. The molecule has 0 saturated carbocycles. The fourth-order valence-electron chi connectivity index (χ4n) is 2.89. The highest BCUT2D eigenvalue weighted by Crippen LogP contribution is 2.37. The fourth-order valence-corrected chi connectivity index (χ4v) is 4.17. The zero-order valence-corrected chi connectivity index (χ0v) is 14.4. The van der Waals surface area contributed by atoms with Crippen LogP contribution in [0.4, 0.5) is 0 Å². The van der Waals surface area contributed by atoms with Crippen molar-refractivity contribution in [3.05, 3.63) is 28.8 Å². The van der Waals surface area contributed by atoms with Gasteiger partial charge in [0.1, 0.15) is 0 Å². The lowest BCUT2D eigenvalue weighted by atomic mass is 9.91. The lowest BCUT2D eigenvalue weighted by molar-refractivity contribution is 0.224. The van der Waals surface area contributed by atoms with Gasteiger partial charge >= 0.3 is 0 Å². The summed E-state index contributed by atoms with van der Waals surface area (Å²) in [4.78, 5) is 3.63. The van der Waals surface area contributed by atoms with Crippen molar-refractivity contribution in [1.29, 1.82) is 0 Å². The predicted octanol–water partition coefficient (Wildman–Crippen LogP) is 4.05. The molecule has 1 atom stereocenters. The van der Waals surface area contributed by atoms with Crippen LogP contribution in [0.1, 0.15) is 31.9 Å². The Morgan fingerprint density at radius 2 is 2.15 bits per heavy atom. The summed E-state index contributed by atoms with van der Waals surface area (Å²) in [6.45, 7) is 6.74. The average Bonchev–Trinajstić information content (AvgIpc) is 2.35. The summed E-state index contributed by atoms with van der Waals surface area (Å²) in [7, 11) is 4.27. The summed E-state index contributed by atoms with van der Waals surface area (Å²) in [6, 6.07) is 6.71. The maximum Gasteiger partial charge on any atom is 0.0410 e. The van der Waals surface area contributed by atoms with Gasteiger partial charge in [0.2, 0.25) is 0 Å². The van der Waals surface area contributed by atoms with E-state index in [1.165, 1.54) is 22.6 Å². The molecule has 20 heavy (non-hydrogen) atoms. The number of halogens is 1. The third-order valence-electron chi connectivity index (χ3n) is 3.58. The Labute approximate surface area is 132 Å². The second-order valence-corrected chi connectivity index (χ2v) is 8.23. The monoisotopic (exact) mass is 312 g/mol. The van der Waals surface area contributed by atoms with Gasteiger partial charge in [0.25, 0.3) is 0 Å². The molecule has 1 aromatic carbocycles. The summed E-state index contributed by atoms with van der Waals surface area (Å²) in [5.41, 5.74) is 1.64. The van der Waals surface area contributed by atoms with Crippen LogP contribution in [-0.2, 0) is 0 Å². The molecule has 4 heteroatoms. The van der Waals surface area contributed by atoms with Gasteiger partial charge in [-0.2, -0.15) is 0 Å². The van der Waals surface area contributed by atoms with E-state index in [0.29, 0.717) is 6.04 Å². The molecule has 2 rings (SSSR count). The first kappa shape index (κ1) is 16.2. The van der Waals surface area contributed by atoms with Crippen LogP contribution in [0.25, 0.3) is 0 Å². The standard InChI is InChI=1S/C16H25ClN2S/c1-16(2,11-19(3)4)10-18-14-7-8-20-15-6-5-12(17)9-13(14)15/h5-6,9,14,18H,7-8,10-11H2,1-4H3. The second kappa shape index (κ2) is 6.69. The smallest absolute Gasteiger partial charge is 0.0410 e. The largest absolute Gasteiger partial charge is 0.309 e. The van der Waals surface area contributed by atoms with Gasteiger partial charge in [-0.1, -0.05) is 25.4 Å². The van der Waals surface area contributed by atoms with Crippen LogP contribution in [0.3, 0.4) is 0 Å². The molecular weight excluding hydrogens is 288 g/mol. The molecule has 1 heterocycles. The Balaban J connectivity index is 2.03. The molecule has 0 aromatic heterocycles. The summed E-state index contributed by atoms with van der Waals surface area (Å²) in [5, 5.41) is 4.59. The van der Waals surface area contributed by atoms with Crippen LogP contribution >= 0.6 is 23.4 Å². The summed E-state index contributed by atoms with van der Waals surface area (Å²) in [6.07, 6.45) is 1.18. The Morgan fingerprint density at radius 3 is 2.85 bits per heavy atom. The highest BCUT2D eigenvalue weighted by molar-refractivity contribution is 7.99. The number of nitrogens with zero attached hydrogens (tertiary/aromatic N) is 1. The first-order valence-corrected chi connectivity index (χ1v) is 8.54. The van der Waals surface area contributed by atoms with Crippen molar-refractivity contribution in [2.75, 3.05) is 32.9 Å². The van der Waals surface area contributed by atoms with Gasteiger partial charge < -0.3 is 10.2 Å². The Hall–Kier alpha value is -0.220. The van der Waals surface area contributed by atoms with Crippen molar-refractivity contribution in [1.82, 2.24) is 10.2 Å². The van der Waals surface area contributed by atoms with E-state index in [0.717, 1.165) is 18.1 Å². The first-order chi connectivity index (χ1) is 9.37. The van der Waals surface area contributed by atoms with E-state index in [2.05, 4.69) is 50.3 Å². The zero-order valence-electron chi connectivity index (χ0n) is 12.9. The van der Waals surface area contributed by atoms with Gasteiger partial charge in [-0.15, -0.1) is 11.8 Å². The minimum Gasteiger partial charge on any atom is -0.309 e. The van der Waals surface area contributed by atoms with E-state index in [1.807, 2.05) is 17.8 Å². The number of benzene rings is 1. The Kier molecular flexibility index (Phi) is 5.41. The van der Waals surface area contributed by atoms with Gasteiger partial charge in [0.15, 0.2) is 0 Å². The molecule has 0 amide bonds. The average molecular weight is 313 g/mol. The van der Waals surface area contributed by atoms with E-state index in [-0.39, 0.29) is 5.41 Å². The van der Waals surface area contributed by atoms with Crippen LogP contribution in [0.5, 0.6) is 0 Å². The Morgan fingerprint density at radius 1 is 1.40 bits per heavy atom. The van der Waals surface area contributed by atoms with Gasteiger partial charge in [0.05, 0.1) is 0 Å². The normalized spacial score (nSPS) is 19.2. The van der Waals surface area contributed by atoms with Crippen molar-refractivity contribution in [2.45, 2.75) is 31.2 Å². The molecular formula is C16H25ClN2S. The molecule has 0 saturated heterocycles. The minimum absolute atomic E-state index is 0.271. The summed E-state index contributed by atoms with van der Waals surface area (Å²) in [5.74, 6) is 1.18. The van der Waals surface area contributed by atoms with Crippen molar-refractivity contribution in [2.24, 2.45) is 5.41 Å². The lowest BCUT2D eigenvalue weighted by Gasteiger charge is -2.33. The van der Waals surface area contributed by atoms with Crippen molar-refractivity contribution >= 4 is 23.4 Å².